The first-order valence-electron chi connectivity index (χ1n) is 10.6. The molecule has 2 aromatic rings. The van der Waals surface area contributed by atoms with Crippen molar-refractivity contribution in [3.63, 3.8) is 0 Å². The molecular weight excluding hydrogens is 370 g/mol. The third-order valence-corrected chi connectivity index (χ3v) is 6.69. The van der Waals surface area contributed by atoms with E-state index < -0.39 is 0 Å². The van der Waals surface area contributed by atoms with Crippen LogP contribution in [0.4, 0.5) is 0 Å². The number of ether oxygens (including phenoxy) is 1. The van der Waals surface area contributed by atoms with Gasteiger partial charge in [0.15, 0.2) is 5.76 Å². The van der Waals surface area contributed by atoms with Crippen molar-refractivity contribution in [2.75, 3.05) is 33.4 Å². The van der Waals surface area contributed by atoms with Crippen LogP contribution in [0.15, 0.2) is 16.9 Å². The number of likely N-dealkylation sites (tertiary alicyclic amines) is 1. The molecule has 0 aromatic carbocycles. The molecule has 5 rings (SSSR count). The molecule has 4 heterocycles. The summed E-state index contributed by atoms with van der Waals surface area (Å²) in [5.74, 6) is 1.67. The molecule has 1 saturated carbocycles. The molecule has 8 nitrogen and oxygen atoms in total. The van der Waals surface area contributed by atoms with Gasteiger partial charge in [-0.1, -0.05) is 5.16 Å². The quantitative estimate of drug-likeness (QED) is 0.737. The highest BCUT2D eigenvalue weighted by molar-refractivity contribution is 5.78. The normalized spacial score (nSPS) is 24.4. The molecule has 0 radical (unpaired) electrons. The molecule has 2 aliphatic heterocycles. The second-order valence-corrected chi connectivity index (χ2v) is 8.67. The van der Waals surface area contributed by atoms with Gasteiger partial charge in [0.1, 0.15) is 5.54 Å². The highest BCUT2D eigenvalue weighted by Gasteiger charge is 2.51. The van der Waals surface area contributed by atoms with Gasteiger partial charge in [-0.2, -0.15) is 0 Å². The Hall–Kier alpha value is -2.19. The Morgan fingerprint density at radius 2 is 2.24 bits per heavy atom. The van der Waals surface area contributed by atoms with Crippen molar-refractivity contribution in [3.05, 3.63) is 35.2 Å². The second-order valence-electron chi connectivity index (χ2n) is 8.67. The van der Waals surface area contributed by atoms with E-state index >= 15 is 0 Å². The first-order valence-corrected chi connectivity index (χ1v) is 10.6. The van der Waals surface area contributed by atoms with Crippen molar-refractivity contribution in [2.24, 2.45) is 7.05 Å². The monoisotopic (exact) mass is 399 g/mol. The molecule has 1 amide bonds. The van der Waals surface area contributed by atoms with E-state index in [1.165, 1.54) is 18.5 Å². The third kappa shape index (κ3) is 3.28. The number of aromatic nitrogens is 3. The zero-order valence-corrected chi connectivity index (χ0v) is 17.3. The van der Waals surface area contributed by atoms with Crippen molar-refractivity contribution in [2.45, 2.75) is 50.1 Å². The molecule has 156 valence electrons. The molecule has 29 heavy (non-hydrogen) atoms. The van der Waals surface area contributed by atoms with E-state index in [1.807, 2.05) is 13.4 Å². The van der Waals surface area contributed by atoms with Crippen LogP contribution in [0.1, 0.15) is 54.4 Å². The number of carbonyl (C=O) groups excluding carboxylic acids is 1. The lowest BCUT2D eigenvalue weighted by Gasteiger charge is -2.44. The summed E-state index contributed by atoms with van der Waals surface area (Å²) in [6.45, 7) is 3.59. The summed E-state index contributed by atoms with van der Waals surface area (Å²) in [7, 11) is 3.68. The number of imidazole rings is 1. The molecule has 2 fully saturated rings. The second kappa shape index (κ2) is 7.25. The standard InChI is InChI=1S/C21H29N5O3/c1-24-14-22-20-18(24)5-8-26(19(27)6-10-28-2)21(20)7-9-25(13-21)12-16-11-17(23-29-16)15-3-4-15/h11,14-15H,3-10,12-13H2,1-2H3. The van der Waals surface area contributed by atoms with Crippen molar-refractivity contribution in [1.82, 2.24) is 24.5 Å². The fourth-order valence-electron chi connectivity index (χ4n) is 5.00. The predicted octanol–water partition coefficient (Wildman–Crippen LogP) is 1.81. The highest BCUT2D eigenvalue weighted by Crippen LogP contribution is 2.43. The van der Waals surface area contributed by atoms with Crippen LogP contribution in [0.5, 0.6) is 0 Å². The molecular formula is C21H29N5O3. The van der Waals surface area contributed by atoms with Gasteiger partial charge >= 0.3 is 0 Å². The summed E-state index contributed by atoms with van der Waals surface area (Å²) in [5.41, 5.74) is 3.04. The van der Waals surface area contributed by atoms with E-state index in [0.29, 0.717) is 18.9 Å². The number of aryl methyl sites for hydroxylation is 1. The largest absolute Gasteiger partial charge is 0.384 e. The number of hydrogen-bond acceptors (Lipinski definition) is 6. The summed E-state index contributed by atoms with van der Waals surface area (Å²) in [4.78, 5) is 22.2. The van der Waals surface area contributed by atoms with E-state index in [4.69, 9.17) is 14.2 Å². The van der Waals surface area contributed by atoms with Crippen molar-refractivity contribution >= 4 is 5.91 Å². The van der Waals surface area contributed by atoms with Gasteiger partial charge in [-0.05, 0) is 19.3 Å². The minimum Gasteiger partial charge on any atom is -0.384 e. The van der Waals surface area contributed by atoms with Crippen molar-refractivity contribution in [3.8, 4) is 0 Å². The lowest BCUT2D eigenvalue weighted by atomic mass is 9.85. The van der Waals surface area contributed by atoms with Crippen LogP contribution < -0.4 is 0 Å². The third-order valence-electron chi connectivity index (χ3n) is 6.69. The molecule has 1 aliphatic carbocycles. The lowest BCUT2D eigenvalue weighted by Crippen LogP contribution is -2.55. The van der Waals surface area contributed by atoms with Gasteiger partial charge in [0.05, 0.1) is 37.3 Å². The summed E-state index contributed by atoms with van der Waals surface area (Å²) in [6.07, 6.45) is 6.47. The fourth-order valence-corrected chi connectivity index (χ4v) is 5.00. The van der Waals surface area contributed by atoms with Gasteiger partial charge in [0.25, 0.3) is 0 Å². The topological polar surface area (TPSA) is 76.6 Å². The van der Waals surface area contributed by atoms with Crippen LogP contribution in [0.2, 0.25) is 0 Å². The maximum absolute atomic E-state index is 13.0. The Morgan fingerprint density at radius 1 is 1.38 bits per heavy atom. The zero-order chi connectivity index (χ0) is 20.0. The number of rotatable bonds is 6. The number of fused-ring (bicyclic) bond motifs is 2. The fraction of sp³-hybridized carbons (Fsp3) is 0.667. The molecule has 0 N–H and O–H groups in total. The van der Waals surface area contributed by atoms with Gasteiger partial charge in [0, 0.05) is 57.9 Å². The smallest absolute Gasteiger partial charge is 0.225 e. The first kappa shape index (κ1) is 18.8. The number of amides is 1. The van der Waals surface area contributed by atoms with E-state index in [1.54, 1.807) is 7.11 Å². The van der Waals surface area contributed by atoms with Crippen LogP contribution in [-0.4, -0.2) is 63.8 Å². The van der Waals surface area contributed by atoms with Crippen LogP contribution in [-0.2, 0) is 35.1 Å². The summed E-state index contributed by atoms with van der Waals surface area (Å²) in [6, 6.07) is 2.11. The van der Waals surface area contributed by atoms with Crippen LogP contribution in [0, 0.1) is 0 Å². The van der Waals surface area contributed by atoms with Crippen molar-refractivity contribution < 1.29 is 14.1 Å². The van der Waals surface area contributed by atoms with Crippen LogP contribution in [0.25, 0.3) is 0 Å². The van der Waals surface area contributed by atoms with E-state index in [0.717, 1.165) is 56.2 Å². The van der Waals surface area contributed by atoms with Gasteiger partial charge in [-0.3, -0.25) is 9.69 Å². The minimum absolute atomic E-state index is 0.153. The Labute approximate surface area is 170 Å². The molecule has 2 aromatic heterocycles. The van der Waals surface area contributed by atoms with Gasteiger partial charge < -0.3 is 18.7 Å². The van der Waals surface area contributed by atoms with E-state index in [2.05, 4.69) is 25.6 Å². The molecule has 1 unspecified atom stereocenters. The molecule has 1 atom stereocenters. The van der Waals surface area contributed by atoms with Crippen LogP contribution >= 0.6 is 0 Å². The van der Waals surface area contributed by atoms with Crippen LogP contribution in [0.3, 0.4) is 0 Å². The Morgan fingerprint density at radius 3 is 3.03 bits per heavy atom. The Balaban J connectivity index is 1.39. The molecule has 3 aliphatic rings. The summed E-state index contributed by atoms with van der Waals surface area (Å²) < 4.78 is 12.9. The van der Waals surface area contributed by atoms with Crippen molar-refractivity contribution in [1.29, 1.82) is 0 Å². The maximum Gasteiger partial charge on any atom is 0.225 e. The number of methoxy groups -OCH3 is 1. The highest BCUT2D eigenvalue weighted by atomic mass is 16.5. The Kier molecular flexibility index (Phi) is 4.70. The summed E-state index contributed by atoms with van der Waals surface area (Å²) in [5, 5.41) is 4.24. The molecule has 8 heteroatoms. The average molecular weight is 399 g/mol. The van der Waals surface area contributed by atoms with Gasteiger partial charge in [-0.15, -0.1) is 0 Å². The Bertz CT molecular complexity index is 902. The van der Waals surface area contributed by atoms with E-state index in [9.17, 15) is 4.79 Å². The number of nitrogens with zero attached hydrogens (tertiary/aromatic N) is 5. The number of hydrogen-bond donors (Lipinski definition) is 0. The maximum atomic E-state index is 13.0. The average Bonchev–Trinajstić information content (AvgIpc) is 3.14. The molecule has 1 spiro atoms. The number of carbonyl (C=O) groups is 1. The molecule has 1 saturated heterocycles. The minimum atomic E-state index is -0.362. The summed E-state index contributed by atoms with van der Waals surface area (Å²) >= 11 is 0. The lowest BCUT2D eigenvalue weighted by molar-refractivity contribution is -0.139. The van der Waals surface area contributed by atoms with E-state index in [-0.39, 0.29) is 11.4 Å². The SMILES string of the molecule is COCCC(=O)N1CCc2c(ncn2C)C12CCN(Cc1cc(C3CC3)no1)C2. The predicted molar refractivity (Wildman–Crippen MR) is 105 cm³/mol. The first-order chi connectivity index (χ1) is 14.1. The molecule has 0 bridgehead atoms. The van der Waals surface area contributed by atoms with Gasteiger partial charge in [0.2, 0.25) is 5.91 Å². The zero-order valence-electron chi connectivity index (χ0n) is 17.3. The van der Waals surface area contributed by atoms with Gasteiger partial charge in [-0.25, -0.2) is 4.98 Å².